The Balaban J connectivity index is 2.52. The maximum atomic E-state index is 10.3. The van der Waals surface area contributed by atoms with Gasteiger partial charge in [-0.05, 0) is 36.3 Å². The van der Waals surface area contributed by atoms with Crippen LogP contribution >= 0.6 is 12.2 Å². The van der Waals surface area contributed by atoms with E-state index in [2.05, 4.69) is 29.5 Å². The van der Waals surface area contributed by atoms with E-state index in [1.807, 2.05) is 37.3 Å². The summed E-state index contributed by atoms with van der Waals surface area (Å²) in [7, 11) is 1.60. The molecule has 0 saturated carbocycles. The molecule has 0 bridgehead atoms. The average Bonchev–Trinajstić information content (AvgIpc) is 2.64. The summed E-state index contributed by atoms with van der Waals surface area (Å²) in [4.78, 5) is 0. The number of rotatable bonds is 7. The summed E-state index contributed by atoms with van der Waals surface area (Å²) >= 11 is 1.14. The lowest BCUT2D eigenvalue weighted by Crippen LogP contribution is -1.95. The fraction of sp³-hybridized carbons (Fsp3) is 0.100. The lowest BCUT2D eigenvalue weighted by atomic mass is 9.97. The quantitative estimate of drug-likeness (QED) is 0.281. The normalized spacial score (nSPS) is 12.1. The van der Waals surface area contributed by atoms with Crippen molar-refractivity contribution >= 4 is 23.5 Å². The van der Waals surface area contributed by atoms with Crippen LogP contribution in [0.15, 0.2) is 79.1 Å². The zero-order valence-corrected chi connectivity index (χ0v) is 14.6. The molecule has 0 spiro atoms. The maximum Gasteiger partial charge on any atom is 0.119 e. The molecule has 0 aliphatic heterocycles. The number of anilines is 1. The van der Waals surface area contributed by atoms with Crippen LogP contribution in [0, 0.1) is 0 Å². The Kier molecular flexibility index (Phi) is 6.73. The van der Waals surface area contributed by atoms with Gasteiger partial charge in [-0.2, -0.15) is 0 Å². The molecule has 24 heavy (non-hydrogen) atoms. The second-order valence-electron chi connectivity index (χ2n) is 5.08. The molecule has 0 aliphatic carbocycles. The van der Waals surface area contributed by atoms with Crippen LogP contribution in [0.5, 0.6) is 0 Å². The molecule has 0 heterocycles. The first-order valence-corrected chi connectivity index (χ1v) is 8.26. The van der Waals surface area contributed by atoms with Crippen molar-refractivity contribution in [1.82, 2.24) is 0 Å². The van der Waals surface area contributed by atoms with Gasteiger partial charge in [0.1, 0.15) is 18.0 Å². The van der Waals surface area contributed by atoms with Gasteiger partial charge in [0.2, 0.25) is 0 Å². The highest BCUT2D eigenvalue weighted by molar-refractivity contribution is 7.96. The molecule has 2 aromatic rings. The number of nitrogens with one attached hydrogen (secondary N) is 1. The summed E-state index contributed by atoms with van der Waals surface area (Å²) in [5.74, 6) is 0.200. The SMILES string of the molecule is C=C/C=C\C(O)=C(/C)c1cc(-c2ccccc2)ccc1NSOC. The second-order valence-corrected chi connectivity index (χ2v) is 5.79. The molecule has 124 valence electrons. The zero-order chi connectivity index (χ0) is 17.4. The van der Waals surface area contributed by atoms with Gasteiger partial charge in [-0.15, -0.1) is 0 Å². The van der Waals surface area contributed by atoms with Crippen molar-refractivity contribution in [3.63, 3.8) is 0 Å². The Morgan fingerprint density at radius 3 is 2.58 bits per heavy atom. The summed E-state index contributed by atoms with van der Waals surface area (Å²) in [6, 6.07) is 16.2. The van der Waals surface area contributed by atoms with Crippen LogP contribution in [-0.4, -0.2) is 12.2 Å². The zero-order valence-electron chi connectivity index (χ0n) is 13.8. The van der Waals surface area contributed by atoms with Crippen molar-refractivity contribution in [2.75, 3.05) is 11.8 Å². The average molecular weight is 339 g/mol. The lowest BCUT2D eigenvalue weighted by Gasteiger charge is -2.14. The van der Waals surface area contributed by atoms with E-state index in [1.165, 1.54) is 0 Å². The Morgan fingerprint density at radius 1 is 1.17 bits per heavy atom. The minimum Gasteiger partial charge on any atom is -0.508 e. The highest BCUT2D eigenvalue weighted by Crippen LogP contribution is 2.32. The van der Waals surface area contributed by atoms with Gasteiger partial charge in [0, 0.05) is 11.1 Å². The van der Waals surface area contributed by atoms with Gasteiger partial charge in [-0.3, -0.25) is 0 Å². The Bertz CT molecular complexity index is 751. The number of hydrogen-bond donors (Lipinski definition) is 2. The van der Waals surface area contributed by atoms with Crippen molar-refractivity contribution in [1.29, 1.82) is 0 Å². The van der Waals surface area contributed by atoms with Crippen LogP contribution in [0.2, 0.25) is 0 Å². The lowest BCUT2D eigenvalue weighted by molar-refractivity contribution is 0.435. The van der Waals surface area contributed by atoms with Crippen LogP contribution in [0.1, 0.15) is 12.5 Å². The summed E-state index contributed by atoms with van der Waals surface area (Å²) in [5, 5.41) is 10.3. The highest BCUT2D eigenvalue weighted by Gasteiger charge is 2.10. The monoisotopic (exact) mass is 339 g/mol. The Hall–Kier alpha value is -2.43. The molecule has 0 atom stereocenters. The molecule has 3 nitrogen and oxygen atoms in total. The molecule has 2 aromatic carbocycles. The van der Waals surface area contributed by atoms with Gasteiger partial charge in [-0.25, -0.2) is 0 Å². The highest BCUT2D eigenvalue weighted by atomic mass is 32.2. The van der Waals surface area contributed by atoms with Crippen molar-refractivity contribution in [2.45, 2.75) is 6.92 Å². The third-order valence-corrected chi connectivity index (χ3v) is 4.01. The molecular weight excluding hydrogens is 318 g/mol. The molecule has 2 N–H and O–H groups in total. The molecule has 0 aromatic heterocycles. The van der Waals surface area contributed by atoms with Crippen LogP contribution in [0.3, 0.4) is 0 Å². The van der Waals surface area contributed by atoms with Crippen molar-refractivity contribution in [2.24, 2.45) is 0 Å². The number of aliphatic hydroxyl groups is 1. The van der Waals surface area contributed by atoms with Gasteiger partial charge in [0.15, 0.2) is 0 Å². The number of allylic oxidation sites excluding steroid dienone is 4. The van der Waals surface area contributed by atoms with E-state index in [4.69, 9.17) is 4.18 Å². The topological polar surface area (TPSA) is 41.5 Å². The fourth-order valence-electron chi connectivity index (χ4n) is 2.26. The van der Waals surface area contributed by atoms with Crippen LogP contribution in [0.4, 0.5) is 5.69 Å². The van der Waals surface area contributed by atoms with Gasteiger partial charge < -0.3 is 14.0 Å². The Morgan fingerprint density at radius 2 is 1.92 bits per heavy atom. The van der Waals surface area contributed by atoms with Crippen LogP contribution in [0.25, 0.3) is 16.7 Å². The molecule has 4 heteroatoms. The van der Waals surface area contributed by atoms with Crippen LogP contribution in [-0.2, 0) is 4.18 Å². The number of hydrogen-bond acceptors (Lipinski definition) is 4. The molecule has 0 fully saturated rings. The van der Waals surface area contributed by atoms with Crippen LogP contribution < -0.4 is 4.72 Å². The van der Waals surface area contributed by atoms with Gasteiger partial charge in [0.25, 0.3) is 0 Å². The van der Waals surface area contributed by atoms with E-state index in [0.717, 1.165) is 40.2 Å². The van der Waals surface area contributed by atoms with Crippen molar-refractivity contribution in [3.8, 4) is 11.1 Å². The standard InChI is InChI=1S/C20H21NO2S/c1-4-5-11-20(22)15(2)18-14-17(16-9-7-6-8-10-16)12-13-19(18)21-24-23-3/h4-14,21-22H,1H2,2-3H3/b11-5-,20-15-. The van der Waals surface area contributed by atoms with E-state index in [9.17, 15) is 5.11 Å². The minimum atomic E-state index is 0.200. The molecule has 2 rings (SSSR count). The smallest absolute Gasteiger partial charge is 0.119 e. The third kappa shape index (κ3) is 4.54. The molecule has 0 radical (unpaired) electrons. The first-order valence-electron chi connectivity index (χ1n) is 7.51. The fourth-order valence-corrected chi connectivity index (χ4v) is 2.61. The molecule has 0 saturated heterocycles. The van der Waals surface area contributed by atoms with Gasteiger partial charge in [-0.1, -0.05) is 55.1 Å². The predicted molar refractivity (Wildman–Crippen MR) is 105 cm³/mol. The van der Waals surface area contributed by atoms with Crippen molar-refractivity contribution < 1.29 is 9.29 Å². The van der Waals surface area contributed by atoms with Gasteiger partial charge >= 0.3 is 0 Å². The summed E-state index contributed by atoms with van der Waals surface area (Å²) < 4.78 is 8.16. The molecule has 0 aliphatic rings. The summed E-state index contributed by atoms with van der Waals surface area (Å²) in [6.45, 7) is 5.51. The summed E-state index contributed by atoms with van der Waals surface area (Å²) in [5.41, 5.74) is 4.76. The second kappa shape index (κ2) is 9.01. The minimum absolute atomic E-state index is 0.200. The number of benzene rings is 2. The van der Waals surface area contributed by atoms with Gasteiger partial charge in [0.05, 0.1) is 12.8 Å². The summed E-state index contributed by atoms with van der Waals surface area (Å²) in [6.07, 6.45) is 4.96. The molecule has 0 amide bonds. The van der Waals surface area contributed by atoms with E-state index in [1.54, 1.807) is 25.3 Å². The van der Waals surface area contributed by atoms with Crippen molar-refractivity contribution in [3.05, 3.63) is 84.7 Å². The molecule has 0 unspecified atom stereocenters. The largest absolute Gasteiger partial charge is 0.508 e. The predicted octanol–water partition coefficient (Wildman–Crippen LogP) is 6.01. The van der Waals surface area contributed by atoms with E-state index in [-0.39, 0.29) is 5.76 Å². The third-order valence-electron chi connectivity index (χ3n) is 3.54. The molecular formula is C20H21NO2S. The van der Waals surface area contributed by atoms with E-state index < -0.39 is 0 Å². The first-order chi connectivity index (χ1) is 11.7. The maximum absolute atomic E-state index is 10.3. The number of aliphatic hydroxyl groups excluding tert-OH is 1. The van der Waals surface area contributed by atoms with E-state index >= 15 is 0 Å². The Labute approximate surface area is 147 Å². The first kappa shape index (κ1) is 17.9. The van der Waals surface area contributed by atoms with E-state index in [0.29, 0.717) is 0 Å².